The molecule has 1 saturated heterocycles. The van der Waals surface area contributed by atoms with Crippen molar-refractivity contribution in [1.29, 1.82) is 0 Å². The smallest absolute Gasteiger partial charge is 0.371 e. The number of anilines is 3. The number of thiazole rings is 1. The average Bonchev–Trinajstić information content (AvgIpc) is 3.62. The van der Waals surface area contributed by atoms with E-state index in [1.54, 1.807) is 40.9 Å². The molecule has 1 amide bonds. The van der Waals surface area contributed by atoms with Gasteiger partial charge >= 0.3 is 12.4 Å². The minimum Gasteiger partial charge on any atom is -0.371 e. The van der Waals surface area contributed by atoms with Crippen LogP contribution in [0.15, 0.2) is 35.8 Å². The maximum Gasteiger partial charge on any atom is 0.391 e. The first-order valence-electron chi connectivity index (χ1n) is 14.2. The van der Waals surface area contributed by atoms with E-state index in [9.17, 15) is 31.1 Å². The van der Waals surface area contributed by atoms with Crippen molar-refractivity contribution in [1.82, 2.24) is 25.2 Å². The number of carbonyl (C=O) groups is 1. The molecule has 1 aliphatic heterocycles. The van der Waals surface area contributed by atoms with Crippen LogP contribution in [0.1, 0.15) is 40.2 Å². The number of aryl methyl sites for hydroxylation is 1. The Kier molecular flexibility index (Phi) is 10.3. The molecule has 0 unspecified atom stereocenters. The Morgan fingerprint density at radius 2 is 1.83 bits per heavy atom. The first kappa shape index (κ1) is 34.1. The lowest BCUT2D eigenvalue weighted by Gasteiger charge is -2.35. The molecule has 0 atom stereocenters. The van der Waals surface area contributed by atoms with E-state index in [0.717, 1.165) is 10.6 Å². The SMILES string of the molecule is Cn1c(Nc2c(Cl)ccc(CNCc3nccs3)c2Cl)nc2cc(C(=O)NCCC(F)(F)F)c(N3CCC(C(F)(F)F)CC3)cc21. The molecule has 248 valence electrons. The lowest BCUT2D eigenvalue weighted by atomic mass is 9.95. The van der Waals surface area contributed by atoms with Gasteiger partial charge in [0.25, 0.3) is 5.91 Å². The van der Waals surface area contributed by atoms with Crippen molar-refractivity contribution in [3.05, 3.63) is 62.0 Å². The normalized spacial score (nSPS) is 14.7. The summed E-state index contributed by atoms with van der Waals surface area (Å²) in [7, 11) is 1.70. The number of benzene rings is 2. The number of hydrogen-bond acceptors (Lipinski definition) is 7. The first-order valence-corrected chi connectivity index (χ1v) is 15.8. The Hall–Kier alpha value is -3.27. The molecule has 46 heavy (non-hydrogen) atoms. The number of carbonyl (C=O) groups excluding carboxylic acids is 1. The molecule has 5 rings (SSSR count). The number of imidazole rings is 1. The number of nitrogens with one attached hydrogen (secondary N) is 3. The molecule has 0 bridgehead atoms. The summed E-state index contributed by atoms with van der Waals surface area (Å²) in [4.78, 5) is 23.6. The van der Waals surface area contributed by atoms with Crippen LogP contribution in [0.3, 0.4) is 0 Å². The highest BCUT2D eigenvalue weighted by atomic mass is 35.5. The van der Waals surface area contributed by atoms with Crippen molar-refractivity contribution >= 4 is 68.8 Å². The second kappa shape index (κ2) is 13.8. The van der Waals surface area contributed by atoms with Crippen LogP contribution < -0.4 is 20.9 Å². The Bertz CT molecular complexity index is 1690. The van der Waals surface area contributed by atoms with Gasteiger partial charge in [-0.2, -0.15) is 26.3 Å². The molecule has 1 fully saturated rings. The maximum atomic E-state index is 13.3. The first-order chi connectivity index (χ1) is 21.7. The number of halogens is 8. The van der Waals surface area contributed by atoms with Gasteiger partial charge in [-0.3, -0.25) is 4.79 Å². The summed E-state index contributed by atoms with van der Waals surface area (Å²) in [5, 5.41) is 12.2. The summed E-state index contributed by atoms with van der Waals surface area (Å²) in [6.07, 6.45) is -8.68. The van der Waals surface area contributed by atoms with E-state index in [1.165, 1.54) is 17.4 Å². The van der Waals surface area contributed by atoms with Gasteiger partial charge in [0, 0.05) is 51.3 Å². The Balaban J connectivity index is 1.44. The molecule has 4 aromatic rings. The van der Waals surface area contributed by atoms with Gasteiger partial charge in [-0.25, -0.2) is 9.97 Å². The molecule has 3 heterocycles. The van der Waals surface area contributed by atoms with E-state index in [4.69, 9.17) is 23.2 Å². The van der Waals surface area contributed by atoms with Crippen LogP contribution in [-0.4, -0.2) is 52.4 Å². The summed E-state index contributed by atoms with van der Waals surface area (Å²) in [6, 6.07) is 6.52. The van der Waals surface area contributed by atoms with Crippen LogP contribution in [0, 0.1) is 5.92 Å². The fraction of sp³-hybridized carbons (Fsp3) is 0.414. The molecule has 0 radical (unpaired) electrons. The van der Waals surface area contributed by atoms with E-state index in [0.29, 0.717) is 51.5 Å². The second-order valence-electron chi connectivity index (χ2n) is 10.8. The van der Waals surface area contributed by atoms with Crippen molar-refractivity contribution in [2.75, 3.05) is 29.9 Å². The van der Waals surface area contributed by atoms with Gasteiger partial charge in [0.2, 0.25) is 5.95 Å². The van der Waals surface area contributed by atoms with Gasteiger partial charge in [-0.05, 0) is 36.6 Å². The summed E-state index contributed by atoms with van der Waals surface area (Å²) >= 11 is 14.8. The molecule has 0 saturated carbocycles. The van der Waals surface area contributed by atoms with Gasteiger partial charge < -0.3 is 25.4 Å². The minimum absolute atomic E-state index is 0.00847. The fourth-order valence-corrected chi connectivity index (χ4v) is 6.36. The van der Waals surface area contributed by atoms with Gasteiger partial charge in [0.05, 0.1) is 50.4 Å². The standard InChI is InChI=1S/C29H29Cl2F6N7OS/c1-43-22-13-21(44-9-4-17(5-10-44)29(35,36)37)18(26(45)40-7-6-28(32,33)34)12-20(22)41-27(43)42-25-19(30)3-2-16(24(25)31)14-38-15-23-39-8-11-46-23/h2-3,8,11-13,17,38H,4-7,9-10,14-15H2,1H3,(H,40,45)(H,41,42). The predicted molar refractivity (Wildman–Crippen MR) is 167 cm³/mol. The van der Waals surface area contributed by atoms with E-state index < -0.39 is 37.1 Å². The third-order valence-electron chi connectivity index (χ3n) is 7.72. The zero-order valence-electron chi connectivity index (χ0n) is 24.3. The molecule has 2 aromatic heterocycles. The Morgan fingerprint density at radius 3 is 2.48 bits per heavy atom. The minimum atomic E-state index is -4.47. The number of alkyl halides is 6. The zero-order chi connectivity index (χ0) is 33.2. The number of piperidine rings is 1. The van der Waals surface area contributed by atoms with E-state index in [2.05, 4.69) is 25.9 Å². The number of nitrogens with zero attached hydrogens (tertiary/aromatic N) is 4. The zero-order valence-corrected chi connectivity index (χ0v) is 26.7. The molecule has 3 N–H and O–H groups in total. The number of amides is 1. The van der Waals surface area contributed by atoms with E-state index in [-0.39, 0.29) is 31.5 Å². The molecule has 0 spiro atoms. The maximum absolute atomic E-state index is 13.3. The monoisotopic (exact) mass is 707 g/mol. The van der Waals surface area contributed by atoms with Crippen molar-refractivity contribution in [3.63, 3.8) is 0 Å². The van der Waals surface area contributed by atoms with Gasteiger partial charge in [-0.1, -0.05) is 29.3 Å². The van der Waals surface area contributed by atoms with Crippen molar-refractivity contribution < 1.29 is 31.1 Å². The third-order valence-corrected chi connectivity index (χ3v) is 9.24. The summed E-state index contributed by atoms with van der Waals surface area (Å²) in [5.74, 6) is -1.97. The van der Waals surface area contributed by atoms with Crippen LogP contribution in [0.25, 0.3) is 11.0 Å². The molecule has 0 aliphatic carbocycles. The molecule has 17 heteroatoms. The van der Waals surface area contributed by atoms with Crippen LogP contribution in [0.4, 0.5) is 43.7 Å². The molecule has 2 aromatic carbocycles. The largest absolute Gasteiger partial charge is 0.391 e. The Labute approximate surface area is 274 Å². The topological polar surface area (TPSA) is 87.1 Å². The molecule has 8 nitrogen and oxygen atoms in total. The highest BCUT2D eigenvalue weighted by Gasteiger charge is 2.41. The highest BCUT2D eigenvalue weighted by molar-refractivity contribution is 7.09. The van der Waals surface area contributed by atoms with Crippen LogP contribution in [-0.2, 0) is 20.1 Å². The van der Waals surface area contributed by atoms with Crippen molar-refractivity contribution in [2.45, 2.75) is 44.7 Å². The van der Waals surface area contributed by atoms with E-state index >= 15 is 0 Å². The quantitative estimate of drug-likeness (QED) is 0.146. The third kappa shape index (κ3) is 7.99. The molecular weight excluding hydrogens is 679 g/mol. The number of hydrogen-bond donors (Lipinski definition) is 3. The van der Waals surface area contributed by atoms with Crippen LogP contribution >= 0.6 is 34.5 Å². The van der Waals surface area contributed by atoms with Crippen LogP contribution in [0.5, 0.6) is 0 Å². The Morgan fingerprint density at radius 1 is 1.09 bits per heavy atom. The van der Waals surface area contributed by atoms with Crippen LogP contribution in [0.2, 0.25) is 10.0 Å². The lowest BCUT2D eigenvalue weighted by molar-refractivity contribution is -0.179. The molecular formula is C29H29Cl2F6N7OS. The predicted octanol–water partition coefficient (Wildman–Crippen LogP) is 7.83. The average molecular weight is 709 g/mol. The summed E-state index contributed by atoms with van der Waals surface area (Å²) in [6.45, 7) is 0.337. The van der Waals surface area contributed by atoms with E-state index in [1.807, 2.05) is 5.38 Å². The molecule has 1 aliphatic rings. The number of aromatic nitrogens is 3. The van der Waals surface area contributed by atoms with Gasteiger partial charge in [0.1, 0.15) is 5.01 Å². The second-order valence-corrected chi connectivity index (χ2v) is 12.6. The van der Waals surface area contributed by atoms with Crippen molar-refractivity contribution in [2.24, 2.45) is 13.0 Å². The summed E-state index contributed by atoms with van der Waals surface area (Å²) < 4.78 is 79.9. The van der Waals surface area contributed by atoms with Crippen molar-refractivity contribution in [3.8, 4) is 0 Å². The lowest BCUT2D eigenvalue weighted by Crippen LogP contribution is -2.40. The number of rotatable bonds is 10. The van der Waals surface area contributed by atoms with Gasteiger partial charge in [-0.15, -0.1) is 11.3 Å². The summed E-state index contributed by atoms with van der Waals surface area (Å²) in [5.41, 5.74) is 2.30. The number of fused-ring (bicyclic) bond motifs is 1. The fourth-order valence-electron chi connectivity index (χ4n) is 5.25. The highest BCUT2D eigenvalue weighted by Crippen LogP contribution is 2.39. The van der Waals surface area contributed by atoms with Gasteiger partial charge in [0.15, 0.2) is 0 Å².